The minimum atomic E-state index is 0.730. The van der Waals surface area contributed by atoms with Crippen LogP contribution in [-0.2, 0) is 4.74 Å². The molecule has 1 atom stereocenters. The molecule has 0 saturated heterocycles. The lowest BCUT2D eigenvalue weighted by Crippen LogP contribution is -2.32. The Kier molecular flexibility index (Phi) is 10.9. The van der Waals surface area contributed by atoms with E-state index in [1.54, 1.807) is 7.11 Å². The Labute approximate surface area is 108 Å². The highest BCUT2D eigenvalue weighted by atomic mass is 16.5. The predicted molar refractivity (Wildman–Crippen MR) is 75.2 cm³/mol. The highest BCUT2D eigenvalue weighted by molar-refractivity contribution is 4.62. The molecule has 2 N–H and O–H groups in total. The molecule has 0 aliphatic heterocycles. The number of methoxy groups -OCH3 is 1. The van der Waals surface area contributed by atoms with Gasteiger partial charge in [-0.05, 0) is 44.2 Å². The number of ether oxygens (including phenoxy) is 1. The summed E-state index contributed by atoms with van der Waals surface area (Å²) in [6.07, 6.45) is 3.72. The molecule has 0 aromatic carbocycles. The van der Waals surface area contributed by atoms with Crippen LogP contribution < -0.4 is 5.73 Å². The van der Waals surface area contributed by atoms with E-state index in [-0.39, 0.29) is 0 Å². The summed E-state index contributed by atoms with van der Waals surface area (Å²) in [6, 6.07) is 0. The van der Waals surface area contributed by atoms with Crippen molar-refractivity contribution in [3.05, 3.63) is 0 Å². The van der Waals surface area contributed by atoms with Gasteiger partial charge in [0, 0.05) is 20.2 Å². The van der Waals surface area contributed by atoms with E-state index in [1.165, 1.54) is 25.9 Å². The molecule has 0 amide bonds. The van der Waals surface area contributed by atoms with Crippen LogP contribution in [0.4, 0.5) is 0 Å². The number of hydrogen-bond donors (Lipinski definition) is 1. The fourth-order valence-electron chi connectivity index (χ4n) is 2.12. The summed E-state index contributed by atoms with van der Waals surface area (Å²) in [5.74, 6) is 1.50. The molecule has 17 heavy (non-hydrogen) atoms. The van der Waals surface area contributed by atoms with Gasteiger partial charge in [-0.25, -0.2) is 0 Å². The smallest absolute Gasteiger partial charge is 0.0589 e. The van der Waals surface area contributed by atoms with Crippen molar-refractivity contribution in [3.8, 4) is 0 Å². The maximum Gasteiger partial charge on any atom is 0.0589 e. The molecule has 1 unspecified atom stereocenters. The summed E-state index contributed by atoms with van der Waals surface area (Å²) in [5.41, 5.74) is 5.57. The Balaban J connectivity index is 3.73. The first-order valence-electron chi connectivity index (χ1n) is 7.01. The molecule has 0 rings (SSSR count). The van der Waals surface area contributed by atoms with Crippen molar-refractivity contribution in [1.82, 2.24) is 4.90 Å². The van der Waals surface area contributed by atoms with Gasteiger partial charge in [-0.1, -0.05) is 20.8 Å². The van der Waals surface area contributed by atoms with Crippen LogP contribution in [0.15, 0.2) is 0 Å². The van der Waals surface area contributed by atoms with Crippen molar-refractivity contribution >= 4 is 0 Å². The van der Waals surface area contributed by atoms with Gasteiger partial charge in [0.25, 0.3) is 0 Å². The average molecular weight is 244 g/mol. The molecule has 3 heteroatoms. The van der Waals surface area contributed by atoms with Crippen LogP contribution in [0.25, 0.3) is 0 Å². The minimum absolute atomic E-state index is 0.730. The zero-order chi connectivity index (χ0) is 13.1. The van der Waals surface area contributed by atoms with E-state index in [9.17, 15) is 0 Å². The predicted octanol–water partition coefficient (Wildman–Crippen LogP) is 2.36. The van der Waals surface area contributed by atoms with Crippen LogP contribution in [0, 0.1) is 11.8 Å². The number of rotatable bonds is 11. The van der Waals surface area contributed by atoms with Gasteiger partial charge in [0.1, 0.15) is 0 Å². The van der Waals surface area contributed by atoms with Gasteiger partial charge in [-0.3, -0.25) is 0 Å². The first kappa shape index (κ1) is 16.9. The van der Waals surface area contributed by atoms with E-state index >= 15 is 0 Å². The van der Waals surface area contributed by atoms with E-state index in [0.29, 0.717) is 0 Å². The van der Waals surface area contributed by atoms with Gasteiger partial charge in [0.2, 0.25) is 0 Å². The van der Waals surface area contributed by atoms with Crippen molar-refractivity contribution in [1.29, 1.82) is 0 Å². The molecule has 0 spiro atoms. The van der Waals surface area contributed by atoms with Crippen LogP contribution in [0.1, 0.15) is 40.0 Å². The van der Waals surface area contributed by atoms with E-state index < -0.39 is 0 Å². The standard InChI is InChI=1S/C14H32N2O/c1-13(2)12-16(10-11-17-4)9-5-6-14(3)7-8-15/h13-14H,5-12,15H2,1-4H3. The molecule has 0 fully saturated rings. The minimum Gasteiger partial charge on any atom is -0.383 e. The molecule has 0 aliphatic rings. The number of hydrogen-bond acceptors (Lipinski definition) is 3. The summed E-state index contributed by atoms with van der Waals surface area (Å²) in [6.45, 7) is 11.9. The van der Waals surface area contributed by atoms with E-state index in [2.05, 4.69) is 25.7 Å². The van der Waals surface area contributed by atoms with Crippen LogP contribution >= 0.6 is 0 Å². The van der Waals surface area contributed by atoms with Crippen molar-refractivity contribution in [2.24, 2.45) is 17.6 Å². The second-order valence-corrected chi connectivity index (χ2v) is 5.51. The number of nitrogens with zero attached hydrogens (tertiary/aromatic N) is 1. The SMILES string of the molecule is COCCN(CCCC(C)CCN)CC(C)C. The summed E-state index contributed by atoms with van der Waals surface area (Å²) < 4.78 is 5.16. The van der Waals surface area contributed by atoms with Gasteiger partial charge >= 0.3 is 0 Å². The first-order valence-corrected chi connectivity index (χ1v) is 7.01. The Morgan fingerprint density at radius 1 is 1.12 bits per heavy atom. The molecule has 0 aromatic heterocycles. The third-order valence-corrected chi connectivity index (χ3v) is 3.07. The Bertz CT molecular complexity index is 162. The van der Waals surface area contributed by atoms with E-state index in [0.717, 1.165) is 38.0 Å². The average Bonchev–Trinajstić information content (AvgIpc) is 2.25. The number of nitrogens with two attached hydrogens (primary N) is 1. The third kappa shape index (κ3) is 10.7. The lowest BCUT2D eigenvalue weighted by Gasteiger charge is -2.24. The molecule has 0 radical (unpaired) electrons. The second-order valence-electron chi connectivity index (χ2n) is 5.51. The monoisotopic (exact) mass is 244 g/mol. The van der Waals surface area contributed by atoms with Gasteiger partial charge in [0.15, 0.2) is 0 Å². The third-order valence-electron chi connectivity index (χ3n) is 3.07. The molecular formula is C14H32N2O. The quantitative estimate of drug-likeness (QED) is 0.606. The highest BCUT2D eigenvalue weighted by Gasteiger charge is 2.08. The topological polar surface area (TPSA) is 38.5 Å². The molecular weight excluding hydrogens is 212 g/mol. The lowest BCUT2D eigenvalue weighted by atomic mass is 10.0. The van der Waals surface area contributed by atoms with Crippen LogP contribution in [0.3, 0.4) is 0 Å². The van der Waals surface area contributed by atoms with Crippen molar-refractivity contribution in [3.63, 3.8) is 0 Å². The van der Waals surface area contributed by atoms with Crippen LogP contribution in [0.2, 0.25) is 0 Å². The van der Waals surface area contributed by atoms with E-state index in [1.807, 2.05) is 0 Å². The fraction of sp³-hybridized carbons (Fsp3) is 1.00. The second kappa shape index (κ2) is 11.0. The Hall–Kier alpha value is -0.120. The summed E-state index contributed by atoms with van der Waals surface area (Å²) in [5, 5.41) is 0. The molecule has 0 aromatic rings. The lowest BCUT2D eigenvalue weighted by molar-refractivity contribution is 0.137. The molecule has 0 aliphatic carbocycles. The molecule has 3 nitrogen and oxygen atoms in total. The zero-order valence-corrected chi connectivity index (χ0v) is 12.2. The van der Waals surface area contributed by atoms with Crippen LogP contribution in [0.5, 0.6) is 0 Å². The first-order chi connectivity index (χ1) is 8.10. The molecule has 0 saturated carbocycles. The zero-order valence-electron chi connectivity index (χ0n) is 12.2. The summed E-state index contributed by atoms with van der Waals surface area (Å²) >= 11 is 0. The summed E-state index contributed by atoms with van der Waals surface area (Å²) in [4.78, 5) is 2.52. The van der Waals surface area contributed by atoms with Gasteiger partial charge in [0.05, 0.1) is 6.61 Å². The Morgan fingerprint density at radius 2 is 1.82 bits per heavy atom. The van der Waals surface area contributed by atoms with Crippen LogP contribution in [-0.4, -0.2) is 44.8 Å². The normalized spacial score (nSPS) is 13.6. The molecule has 0 bridgehead atoms. The molecule has 0 heterocycles. The Morgan fingerprint density at radius 3 is 2.35 bits per heavy atom. The van der Waals surface area contributed by atoms with Crippen molar-refractivity contribution in [2.75, 3.05) is 39.9 Å². The fourth-order valence-corrected chi connectivity index (χ4v) is 2.12. The van der Waals surface area contributed by atoms with Crippen molar-refractivity contribution < 1.29 is 4.74 Å². The molecule has 104 valence electrons. The van der Waals surface area contributed by atoms with E-state index in [4.69, 9.17) is 10.5 Å². The van der Waals surface area contributed by atoms with Gasteiger partial charge in [-0.2, -0.15) is 0 Å². The largest absolute Gasteiger partial charge is 0.383 e. The highest BCUT2D eigenvalue weighted by Crippen LogP contribution is 2.10. The maximum atomic E-state index is 5.57. The van der Waals surface area contributed by atoms with Gasteiger partial charge < -0.3 is 15.4 Å². The van der Waals surface area contributed by atoms with Gasteiger partial charge in [-0.15, -0.1) is 0 Å². The van der Waals surface area contributed by atoms with Crippen molar-refractivity contribution in [2.45, 2.75) is 40.0 Å². The summed E-state index contributed by atoms with van der Waals surface area (Å²) in [7, 11) is 1.77. The maximum absolute atomic E-state index is 5.57.